The lowest BCUT2D eigenvalue weighted by molar-refractivity contribution is 0.0527. The number of urea groups is 1. The van der Waals surface area contributed by atoms with E-state index in [1.54, 1.807) is 25.0 Å². The van der Waals surface area contributed by atoms with Crippen molar-refractivity contribution in [1.82, 2.24) is 10.2 Å². The molecule has 2 aromatic carbocycles. The molecular weight excluding hydrogens is 370 g/mol. The molecule has 0 radical (unpaired) electrons. The van der Waals surface area contributed by atoms with Gasteiger partial charge in [0, 0.05) is 32.7 Å². The van der Waals surface area contributed by atoms with Crippen LogP contribution in [-0.2, 0) is 11.3 Å². The minimum Gasteiger partial charge on any atom is -0.497 e. The normalized spacial score (nSPS) is 13.7. The monoisotopic (exact) mass is 397 g/mol. The topological polar surface area (TPSA) is 71.1 Å². The van der Waals surface area contributed by atoms with Gasteiger partial charge in [-0.3, -0.25) is 0 Å². The highest BCUT2D eigenvalue weighted by molar-refractivity contribution is 5.96. The van der Waals surface area contributed by atoms with E-state index in [4.69, 9.17) is 9.47 Å². The van der Waals surface area contributed by atoms with Crippen molar-refractivity contribution in [2.24, 2.45) is 0 Å². The predicted molar refractivity (Wildman–Crippen MR) is 111 cm³/mol. The number of para-hydroxylation sites is 1. The van der Waals surface area contributed by atoms with Gasteiger partial charge in [0.1, 0.15) is 5.75 Å². The Balaban J connectivity index is 1.53. The van der Waals surface area contributed by atoms with Crippen LogP contribution < -0.4 is 15.0 Å². The van der Waals surface area contributed by atoms with Gasteiger partial charge >= 0.3 is 12.0 Å². The number of amides is 2. The zero-order valence-corrected chi connectivity index (χ0v) is 16.9. The second-order valence-electron chi connectivity index (χ2n) is 6.72. The summed E-state index contributed by atoms with van der Waals surface area (Å²) in [7, 11) is 1.63. The van der Waals surface area contributed by atoms with Gasteiger partial charge in [0.05, 0.1) is 25.0 Å². The van der Waals surface area contributed by atoms with E-state index in [1.165, 1.54) is 0 Å². The maximum Gasteiger partial charge on any atom is 0.340 e. The molecule has 29 heavy (non-hydrogen) atoms. The Hall–Kier alpha value is -3.22. The Morgan fingerprint density at radius 2 is 1.69 bits per heavy atom. The number of carbonyl (C=O) groups excluding carboxylic acids is 2. The minimum absolute atomic E-state index is 0.0841. The number of hydrogen-bond donors (Lipinski definition) is 1. The molecule has 3 rings (SSSR count). The Bertz CT molecular complexity index is 830. The summed E-state index contributed by atoms with van der Waals surface area (Å²) < 4.78 is 10.3. The largest absolute Gasteiger partial charge is 0.497 e. The van der Waals surface area contributed by atoms with Crippen LogP contribution in [0.2, 0.25) is 0 Å². The first-order chi connectivity index (χ1) is 14.1. The molecule has 1 aliphatic heterocycles. The molecule has 7 heteroatoms. The molecule has 0 spiro atoms. The zero-order chi connectivity index (χ0) is 20.6. The van der Waals surface area contributed by atoms with Crippen LogP contribution in [0.3, 0.4) is 0 Å². The molecule has 1 fully saturated rings. The van der Waals surface area contributed by atoms with E-state index < -0.39 is 0 Å². The van der Waals surface area contributed by atoms with Crippen LogP contribution in [0.4, 0.5) is 10.5 Å². The van der Waals surface area contributed by atoms with Crippen LogP contribution in [-0.4, -0.2) is 56.8 Å². The number of esters is 1. The molecule has 0 unspecified atom stereocenters. The number of methoxy groups -OCH3 is 1. The van der Waals surface area contributed by atoms with Crippen molar-refractivity contribution in [2.75, 3.05) is 44.8 Å². The molecular formula is C22H27N3O4. The number of ether oxygens (including phenoxy) is 2. The molecule has 1 N–H and O–H groups in total. The fourth-order valence-electron chi connectivity index (χ4n) is 3.31. The molecule has 1 heterocycles. The number of hydrogen-bond acceptors (Lipinski definition) is 5. The minimum atomic E-state index is -0.317. The van der Waals surface area contributed by atoms with Crippen molar-refractivity contribution in [3.8, 4) is 5.75 Å². The molecule has 0 aromatic heterocycles. The lowest BCUT2D eigenvalue weighted by atomic mass is 10.1. The summed E-state index contributed by atoms with van der Waals surface area (Å²) in [5.74, 6) is 0.474. The summed E-state index contributed by atoms with van der Waals surface area (Å²) in [6.45, 7) is 5.10. The number of anilines is 1. The van der Waals surface area contributed by atoms with Gasteiger partial charge in [0.2, 0.25) is 0 Å². The Kier molecular flexibility index (Phi) is 6.94. The number of carbonyl (C=O) groups is 2. The second kappa shape index (κ2) is 9.82. The van der Waals surface area contributed by atoms with Crippen molar-refractivity contribution in [2.45, 2.75) is 13.5 Å². The summed E-state index contributed by atoms with van der Waals surface area (Å²) in [5.41, 5.74) is 2.43. The van der Waals surface area contributed by atoms with Gasteiger partial charge in [-0.15, -0.1) is 0 Å². The van der Waals surface area contributed by atoms with Crippen molar-refractivity contribution in [1.29, 1.82) is 0 Å². The SMILES string of the molecule is CCOC(=O)c1ccccc1N1CCN(C(=O)NCc2ccc(OC)cc2)CC1. The average molecular weight is 397 g/mol. The lowest BCUT2D eigenvalue weighted by Crippen LogP contribution is -2.52. The van der Waals surface area contributed by atoms with Crippen LogP contribution in [0.5, 0.6) is 5.75 Å². The van der Waals surface area contributed by atoms with Gasteiger partial charge in [-0.1, -0.05) is 24.3 Å². The maximum absolute atomic E-state index is 12.5. The Labute approximate surface area is 171 Å². The van der Waals surface area contributed by atoms with Crippen LogP contribution in [0.25, 0.3) is 0 Å². The summed E-state index contributed by atoms with van der Waals surface area (Å²) in [5, 5.41) is 2.96. The third-order valence-corrected chi connectivity index (χ3v) is 4.91. The predicted octanol–water partition coefficient (Wildman–Crippen LogP) is 2.90. The fourth-order valence-corrected chi connectivity index (χ4v) is 3.31. The number of benzene rings is 2. The molecule has 0 bridgehead atoms. The van der Waals surface area contributed by atoms with Gasteiger partial charge in [-0.25, -0.2) is 9.59 Å². The van der Waals surface area contributed by atoms with E-state index in [1.807, 2.05) is 42.5 Å². The summed E-state index contributed by atoms with van der Waals surface area (Å²) in [6, 6.07) is 15.0. The van der Waals surface area contributed by atoms with E-state index in [0.717, 1.165) is 17.0 Å². The smallest absolute Gasteiger partial charge is 0.340 e. The molecule has 0 atom stereocenters. The van der Waals surface area contributed by atoms with Crippen LogP contribution in [0, 0.1) is 0 Å². The first kappa shape index (κ1) is 20.5. The Morgan fingerprint density at radius 3 is 2.34 bits per heavy atom. The second-order valence-corrected chi connectivity index (χ2v) is 6.72. The number of nitrogens with zero attached hydrogens (tertiary/aromatic N) is 2. The van der Waals surface area contributed by atoms with E-state index in [2.05, 4.69) is 10.2 Å². The molecule has 1 saturated heterocycles. The quantitative estimate of drug-likeness (QED) is 0.759. The van der Waals surface area contributed by atoms with Crippen LogP contribution >= 0.6 is 0 Å². The van der Waals surface area contributed by atoms with E-state index in [-0.39, 0.29) is 12.0 Å². The third-order valence-electron chi connectivity index (χ3n) is 4.91. The molecule has 2 aromatic rings. The number of piperazine rings is 1. The maximum atomic E-state index is 12.5. The fraction of sp³-hybridized carbons (Fsp3) is 0.364. The van der Waals surface area contributed by atoms with E-state index in [0.29, 0.717) is 44.9 Å². The van der Waals surface area contributed by atoms with Gasteiger partial charge in [0.15, 0.2) is 0 Å². The standard InChI is InChI=1S/C22H27N3O4/c1-3-29-21(26)19-6-4-5-7-20(19)24-12-14-25(15-13-24)22(27)23-16-17-8-10-18(28-2)11-9-17/h4-11H,3,12-16H2,1-2H3,(H,23,27). The van der Waals surface area contributed by atoms with Gasteiger partial charge in [-0.05, 0) is 36.8 Å². The highest BCUT2D eigenvalue weighted by atomic mass is 16.5. The number of rotatable bonds is 6. The van der Waals surface area contributed by atoms with E-state index in [9.17, 15) is 9.59 Å². The highest BCUT2D eigenvalue weighted by Crippen LogP contribution is 2.23. The van der Waals surface area contributed by atoms with Gasteiger partial charge in [-0.2, -0.15) is 0 Å². The van der Waals surface area contributed by atoms with Crippen molar-refractivity contribution >= 4 is 17.7 Å². The molecule has 0 aliphatic carbocycles. The average Bonchev–Trinajstić information content (AvgIpc) is 2.78. The zero-order valence-electron chi connectivity index (χ0n) is 16.9. The molecule has 0 saturated carbocycles. The molecule has 2 amide bonds. The third kappa shape index (κ3) is 5.19. The molecule has 7 nitrogen and oxygen atoms in total. The summed E-state index contributed by atoms with van der Waals surface area (Å²) >= 11 is 0. The highest BCUT2D eigenvalue weighted by Gasteiger charge is 2.24. The lowest BCUT2D eigenvalue weighted by Gasteiger charge is -2.36. The Morgan fingerprint density at radius 1 is 1.00 bits per heavy atom. The van der Waals surface area contributed by atoms with Gasteiger partial charge in [0.25, 0.3) is 0 Å². The van der Waals surface area contributed by atoms with Crippen LogP contribution in [0.1, 0.15) is 22.8 Å². The molecule has 154 valence electrons. The van der Waals surface area contributed by atoms with E-state index >= 15 is 0 Å². The molecule has 1 aliphatic rings. The number of nitrogens with one attached hydrogen (secondary N) is 1. The van der Waals surface area contributed by atoms with Gasteiger partial charge < -0.3 is 24.6 Å². The van der Waals surface area contributed by atoms with Crippen molar-refractivity contribution < 1.29 is 19.1 Å². The summed E-state index contributed by atoms with van der Waals surface area (Å²) in [4.78, 5) is 28.6. The van der Waals surface area contributed by atoms with Crippen LogP contribution in [0.15, 0.2) is 48.5 Å². The van der Waals surface area contributed by atoms with Crippen molar-refractivity contribution in [3.63, 3.8) is 0 Å². The first-order valence-corrected chi connectivity index (χ1v) is 9.79. The van der Waals surface area contributed by atoms with Crippen molar-refractivity contribution in [3.05, 3.63) is 59.7 Å². The summed E-state index contributed by atoms with van der Waals surface area (Å²) in [6.07, 6.45) is 0. The first-order valence-electron chi connectivity index (χ1n) is 9.79.